The molecular formula is C17H20N5S+. The third-order valence-electron chi connectivity index (χ3n) is 4.38. The fraction of sp³-hybridized carbons (Fsp3) is 0.353. The maximum atomic E-state index is 8.31. The van der Waals surface area contributed by atoms with Crippen LogP contribution in [0, 0.1) is 5.41 Å². The molecular weight excluding hydrogens is 306 g/mol. The molecule has 0 atom stereocenters. The van der Waals surface area contributed by atoms with Crippen LogP contribution in [0.3, 0.4) is 0 Å². The number of amidine groups is 1. The van der Waals surface area contributed by atoms with Gasteiger partial charge in [-0.05, 0) is 18.9 Å². The van der Waals surface area contributed by atoms with Crippen molar-refractivity contribution in [1.82, 2.24) is 14.5 Å². The summed E-state index contributed by atoms with van der Waals surface area (Å²) in [5, 5.41) is 12.6. The zero-order valence-corrected chi connectivity index (χ0v) is 14.0. The molecule has 0 saturated carbocycles. The van der Waals surface area contributed by atoms with Gasteiger partial charge in [-0.1, -0.05) is 0 Å². The minimum Gasteiger partial charge on any atom is -0.355 e. The predicted octanol–water partition coefficient (Wildman–Crippen LogP) is 2.39. The van der Waals surface area contributed by atoms with Gasteiger partial charge in [0.25, 0.3) is 0 Å². The first-order chi connectivity index (χ1) is 11.2. The Morgan fingerprint density at radius 3 is 3.00 bits per heavy atom. The van der Waals surface area contributed by atoms with Crippen LogP contribution in [0.4, 0.5) is 0 Å². The Hall–Kier alpha value is -2.21. The van der Waals surface area contributed by atoms with Gasteiger partial charge in [0.15, 0.2) is 12.4 Å². The van der Waals surface area contributed by atoms with E-state index in [1.165, 1.54) is 23.7 Å². The minimum absolute atomic E-state index is 0.578. The van der Waals surface area contributed by atoms with Gasteiger partial charge >= 0.3 is 0 Å². The molecule has 6 heteroatoms. The van der Waals surface area contributed by atoms with Crippen LogP contribution in [-0.4, -0.2) is 33.4 Å². The molecule has 0 amide bonds. The third kappa shape index (κ3) is 2.74. The zero-order valence-electron chi connectivity index (χ0n) is 13.2. The summed E-state index contributed by atoms with van der Waals surface area (Å²) in [5.74, 6) is 0.578. The van der Waals surface area contributed by atoms with Gasteiger partial charge in [-0.25, -0.2) is 9.55 Å². The Balaban J connectivity index is 1.57. The molecule has 0 aromatic carbocycles. The second-order valence-electron chi connectivity index (χ2n) is 6.06. The molecule has 1 saturated heterocycles. The standard InChI is InChI=1S/C17H20N5S/c1-20-8-4-13-5-9-22(15(13)10-20)11-16-19-14(12-23-16)17(18)21-6-2-3-7-21/h4-5,8-10,12,18H,2-3,6-7,11H2,1H3/q+1. The maximum absolute atomic E-state index is 8.31. The van der Waals surface area contributed by atoms with Gasteiger partial charge in [-0.2, -0.15) is 0 Å². The van der Waals surface area contributed by atoms with Gasteiger partial charge in [0.05, 0.1) is 6.54 Å². The fourth-order valence-electron chi connectivity index (χ4n) is 3.10. The van der Waals surface area contributed by atoms with Crippen molar-refractivity contribution < 1.29 is 4.57 Å². The molecule has 118 valence electrons. The van der Waals surface area contributed by atoms with Crippen LogP contribution in [0.25, 0.3) is 10.9 Å². The van der Waals surface area contributed by atoms with Crippen LogP contribution in [-0.2, 0) is 13.6 Å². The van der Waals surface area contributed by atoms with E-state index in [1.54, 1.807) is 11.3 Å². The van der Waals surface area contributed by atoms with Crippen molar-refractivity contribution >= 4 is 28.1 Å². The number of hydrogen-bond acceptors (Lipinski definition) is 3. The number of likely N-dealkylation sites (tertiary alicyclic amines) is 1. The summed E-state index contributed by atoms with van der Waals surface area (Å²) in [6, 6.07) is 4.26. The monoisotopic (exact) mass is 326 g/mol. The first-order valence-corrected chi connectivity index (χ1v) is 8.81. The number of nitrogens with zero attached hydrogens (tertiary/aromatic N) is 4. The largest absolute Gasteiger partial charge is 0.355 e. The number of fused-ring (bicyclic) bond motifs is 1. The Bertz CT molecular complexity index is 857. The maximum Gasteiger partial charge on any atom is 0.193 e. The number of nitrogens with one attached hydrogen (secondary N) is 1. The molecule has 0 aliphatic carbocycles. The number of aromatic nitrogens is 3. The summed E-state index contributed by atoms with van der Waals surface area (Å²) < 4.78 is 4.28. The van der Waals surface area contributed by atoms with Crippen molar-refractivity contribution in [2.24, 2.45) is 7.05 Å². The van der Waals surface area contributed by atoms with E-state index in [1.807, 2.05) is 12.4 Å². The van der Waals surface area contributed by atoms with E-state index in [2.05, 4.69) is 49.7 Å². The summed E-state index contributed by atoms with van der Waals surface area (Å²) in [5.41, 5.74) is 2.02. The van der Waals surface area contributed by atoms with Crippen molar-refractivity contribution in [3.63, 3.8) is 0 Å². The van der Waals surface area contributed by atoms with Crippen molar-refractivity contribution in [3.05, 3.63) is 46.8 Å². The average molecular weight is 326 g/mol. The zero-order chi connectivity index (χ0) is 15.8. The van der Waals surface area contributed by atoms with E-state index in [0.717, 1.165) is 30.3 Å². The summed E-state index contributed by atoms with van der Waals surface area (Å²) in [6.45, 7) is 2.74. The lowest BCUT2D eigenvalue weighted by Crippen LogP contribution is -2.27. The van der Waals surface area contributed by atoms with Crippen molar-refractivity contribution in [3.8, 4) is 0 Å². The second-order valence-corrected chi connectivity index (χ2v) is 7.01. The van der Waals surface area contributed by atoms with Gasteiger partial charge in [-0.15, -0.1) is 11.3 Å². The third-order valence-corrected chi connectivity index (χ3v) is 5.21. The Morgan fingerprint density at radius 1 is 1.35 bits per heavy atom. The molecule has 0 radical (unpaired) electrons. The highest BCUT2D eigenvalue weighted by molar-refractivity contribution is 7.09. The Labute approximate surface area is 139 Å². The van der Waals surface area contributed by atoms with Gasteiger partial charge in [0.2, 0.25) is 0 Å². The van der Waals surface area contributed by atoms with Crippen molar-refractivity contribution in [2.45, 2.75) is 19.4 Å². The number of thiazole rings is 1. The molecule has 5 nitrogen and oxygen atoms in total. The number of aryl methyl sites for hydroxylation is 1. The van der Waals surface area contributed by atoms with E-state index < -0.39 is 0 Å². The van der Waals surface area contributed by atoms with Gasteiger partial charge in [-0.3, -0.25) is 5.41 Å². The summed E-state index contributed by atoms with van der Waals surface area (Å²) in [4.78, 5) is 6.81. The smallest absolute Gasteiger partial charge is 0.193 e. The quantitative estimate of drug-likeness (QED) is 0.456. The molecule has 3 aromatic heterocycles. The Kier molecular flexibility index (Phi) is 3.61. The molecule has 3 aromatic rings. The highest BCUT2D eigenvalue weighted by Gasteiger charge is 2.18. The molecule has 1 N–H and O–H groups in total. The number of pyridine rings is 1. The molecule has 4 rings (SSSR count). The second kappa shape index (κ2) is 5.77. The molecule has 1 aliphatic heterocycles. The number of rotatable bonds is 3. The van der Waals surface area contributed by atoms with E-state index in [9.17, 15) is 0 Å². The van der Waals surface area contributed by atoms with Crippen LogP contribution >= 0.6 is 11.3 Å². The van der Waals surface area contributed by atoms with Gasteiger partial charge in [0, 0.05) is 36.1 Å². The molecule has 0 bridgehead atoms. The minimum atomic E-state index is 0.578. The lowest BCUT2D eigenvalue weighted by Gasteiger charge is -2.16. The van der Waals surface area contributed by atoms with Gasteiger partial charge in [0.1, 0.15) is 29.1 Å². The van der Waals surface area contributed by atoms with E-state index in [4.69, 9.17) is 5.41 Å². The average Bonchev–Trinajstić information content (AvgIpc) is 3.28. The first kappa shape index (κ1) is 14.4. The Morgan fingerprint density at radius 2 is 2.17 bits per heavy atom. The molecule has 4 heterocycles. The molecule has 0 spiro atoms. The summed E-state index contributed by atoms with van der Waals surface area (Å²) >= 11 is 1.64. The van der Waals surface area contributed by atoms with Crippen LogP contribution < -0.4 is 4.57 Å². The molecule has 1 fully saturated rings. The SMILES string of the molecule is C[n+]1ccc2ccn(Cc3nc(C(=N)N4CCCC4)cs3)c2c1. The molecule has 1 aliphatic rings. The van der Waals surface area contributed by atoms with Crippen molar-refractivity contribution in [2.75, 3.05) is 13.1 Å². The van der Waals surface area contributed by atoms with Crippen molar-refractivity contribution in [1.29, 1.82) is 5.41 Å². The lowest BCUT2D eigenvalue weighted by molar-refractivity contribution is -0.670. The van der Waals surface area contributed by atoms with Crippen LogP contribution in [0.2, 0.25) is 0 Å². The van der Waals surface area contributed by atoms with Crippen LogP contribution in [0.15, 0.2) is 36.1 Å². The highest BCUT2D eigenvalue weighted by atomic mass is 32.1. The lowest BCUT2D eigenvalue weighted by atomic mass is 10.3. The topological polar surface area (TPSA) is 48.8 Å². The molecule has 0 unspecified atom stereocenters. The van der Waals surface area contributed by atoms with Crippen LogP contribution in [0.1, 0.15) is 23.5 Å². The molecule has 23 heavy (non-hydrogen) atoms. The first-order valence-electron chi connectivity index (χ1n) is 7.93. The van der Waals surface area contributed by atoms with E-state index >= 15 is 0 Å². The summed E-state index contributed by atoms with van der Waals surface area (Å²) in [7, 11) is 2.04. The number of hydrogen-bond donors (Lipinski definition) is 1. The van der Waals surface area contributed by atoms with Gasteiger partial charge < -0.3 is 9.47 Å². The fourth-order valence-corrected chi connectivity index (χ4v) is 3.88. The van der Waals surface area contributed by atoms with E-state index in [0.29, 0.717) is 5.84 Å². The highest BCUT2D eigenvalue weighted by Crippen LogP contribution is 2.19. The van der Waals surface area contributed by atoms with Crippen LogP contribution in [0.5, 0.6) is 0 Å². The normalized spacial score (nSPS) is 14.7. The van der Waals surface area contributed by atoms with E-state index in [-0.39, 0.29) is 0 Å². The summed E-state index contributed by atoms with van der Waals surface area (Å²) in [6.07, 6.45) is 8.68. The predicted molar refractivity (Wildman–Crippen MR) is 92.0 cm³/mol.